The van der Waals surface area contributed by atoms with E-state index in [1.165, 1.54) is 12.7 Å². The van der Waals surface area contributed by atoms with E-state index < -0.39 is 0 Å². The van der Waals surface area contributed by atoms with Crippen molar-refractivity contribution in [3.63, 3.8) is 0 Å². The summed E-state index contributed by atoms with van der Waals surface area (Å²) < 4.78 is 9.38. The molecule has 5 rings (SSSR count). The van der Waals surface area contributed by atoms with Crippen LogP contribution in [0.25, 0.3) is 11.2 Å². The van der Waals surface area contributed by atoms with E-state index in [1.54, 1.807) is 21.3 Å². The lowest BCUT2D eigenvalue weighted by Gasteiger charge is -2.12. The highest BCUT2D eigenvalue weighted by Gasteiger charge is 2.09. The molecule has 1 N–H and O–H groups in total. The van der Waals surface area contributed by atoms with Crippen LogP contribution in [0.1, 0.15) is 5.56 Å². The average Bonchev–Trinajstić information content (AvgIpc) is 3.31. The third-order valence-corrected chi connectivity index (χ3v) is 4.40. The van der Waals surface area contributed by atoms with Crippen molar-refractivity contribution in [1.82, 2.24) is 29.2 Å². The Balaban J connectivity index is 1.42. The van der Waals surface area contributed by atoms with Crippen molar-refractivity contribution in [2.24, 2.45) is 0 Å². The molecule has 8 nitrogen and oxygen atoms in total. The Morgan fingerprint density at radius 2 is 1.79 bits per heavy atom. The fourth-order valence-corrected chi connectivity index (χ4v) is 3.04. The second-order valence-electron chi connectivity index (χ2n) is 6.31. The van der Waals surface area contributed by atoms with Crippen molar-refractivity contribution in [2.75, 3.05) is 5.32 Å². The highest BCUT2D eigenvalue weighted by atomic mass is 16.5. The zero-order chi connectivity index (χ0) is 19.1. The molecule has 0 atom stereocenters. The average molecular weight is 367 g/mol. The second kappa shape index (κ2) is 6.38. The van der Waals surface area contributed by atoms with Gasteiger partial charge < -0.3 is 10.1 Å². The number of aryl methyl sites for hydroxylation is 1. The summed E-state index contributed by atoms with van der Waals surface area (Å²) in [6.45, 7) is 1.98. The van der Waals surface area contributed by atoms with Gasteiger partial charge in [-0.2, -0.15) is 10.2 Å². The van der Waals surface area contributed by atoms with Gasteiger partial charge in [-0.3, -0.25) is 0 Å². The number of fused-ring (bicyclic) bond motifs is 2. The van der Waals surface area contributed by atoms with Gasteiger partial charge in [0.15, 0.2) is 11.5 Å². The van der Waals surface area contributed by atoms with E-state index in [0.717, 1.165) is 28.2 Å². The molecule has 1 aromatic carbocycles. The molecule has 4 heterocycles. The number of nitrogens with zero attached hydrogens (tertiary/aromatic N) is 6. The van der Waals surface area contributed by atoms with E-state index in [9.17, 15) is 0 Å². The fraction of sp³-hybridized carbons (Fsp3) is 0.0526. The van der Waals surface area contributed by atoms with Crippen LogP contribution in [-0.2, 0) is 0 Å². The molecule has 0 aliphatic carbocycles. The van der Waals surface area contributed by atoms with E-state index in [2.05, 4.69) is 25.5 Å². The molecule has 0 aliphatic heterocycles. The Morgan fingerprint density at radius 3 is 2.68 bits per heavy atom. The topological polar surface area (TPSA) is 81.6 Å². The summed E-state index contributed by atoms with van der Waals surface area (Å²) in [4.78, 5) is 8.48. The first-order chi connectivity index (χ1) is 13.7. The zero-order valence-electron chi connectivity index (χ0n) is 14.9. The Hall–Kier alpha value is -3.88. The minimum Gasteiger partial charge on any atom is -0.457 e. The van der Waals surface area contributed by atoms with Crippen LogP contribution in [0.5, 0.6) is 11.5 Å². The van der Waals surface area contributed by atoms with Crippen LogP contribution in [0.3, 0.4) is 0 Å². The molecule has 0 amide bonds. The van der Waals surface area contributed by atoms with Gasteiger partial charge in [0, 0.05) is 24.1 Å². The lowest BCUT2D eigenvalue weighted by molar-refractivity contribution is 0.478. The molecule has 0 aliphatic rings. The quantitative estimate of drug-likeness (QED) is 0.492. The molecule has 5 aromatic rings. The maximum atomic E-state index is 6.03. The van der Waals surface area contributed by atoms with E-state index in [4.69, 9.17) is 12.6 Å². The van der Waals surface area contributed by atoms with E-state index in [0.29, 0.717) is 17.0 Å². The minimum absolute atomic E-state index is 0.614. The smallest absolute Gasteiger partial charge is 0.158 e. The fourth-order valence-electron chi connectivity index (χ4n) is 3.04. The van der Waals surface area contributed by atoms with Gasteiger partial charge in [-0.25, -0.2) is 19.0 Å². The minimum atomic E-state index is 0.614. The highest BCUT2D eigenvalue weighted by Crippen LogP contribution is 2.29. The van der Waals surface area contributed by atoms with Crippen LogP contribution in [-0.4, -0.2) is 37.0 Å². The SMILES string of the molecule is [B]c1ccn2ncnc(Nc3ccc(Oc4ccn5ncnc5c4)c(C)c3)c12. The largest absolute Gasteiger partial charge is 0.457 e. The summed E-state index contributed by atoms with van der Waals surface area (Å²) in [6.07, 6.45) is 6.60. The number of nitrogens with one attached hydrogen (secondary N) is 1. The molecule has 2 radical (unpaired) electrons. The van der Waals surface area contributed by atoms with Gasteiger partial charge in [-0.15, -0.1) is 0 Å². The Kier molecular flexibility index (Phi) is 3.72. The molecular formula is C19H14BN7O. The summed E-state index contributed by atoms with van der Waals surface area (Å²) in [6, 6.07) is 11.3. The van der Waals surface area contributed by atoms with Crippen LogP contribution < -0.4 is 15.5 Å². The molecule has 28 heavy (non-hydrogen) atoms. The Bertz CT molecular complexity index is 1310. The first-order valence-corrected chi connectivity index (χ1v) is 8.60. The third kappa shape index (κ3) is 2.82. The number of rotatable bonds is 4. The number of hydrogen-bond donors (Lipinski definition) is 1. The predicted octanol–water partition coefficient (Wildman–Crippen LogP) is 2.41. The van der Waals surface area contributed by atoms with Gasteiger partial charge in [0.1, 0.15) is 37.5 Å². The predicted molar refractivity (Wildman–Crippen MR) is 106 cm³/mol. The van der Waals surface area contributed by atoms with E-state index >= 15 is 0 Å². The highest BCUT2D eigenvalue weighted by molar-refractivity contribution is 6.37. The Labute approximate surface area is 161 Å². The number of benzene rings is 1. The molecule has 0 saturated carbocycles. The van der Waals surface area contributed by atoms with Crippen molar-refractivity contribution in [1.29, 1.82) is 0 Å². The summed E-state index contributed by atoms with van der Waals surface area (Å²) in [5.74, 6) is 2.09. The molecule has 0 fully saturated rings. The van der Waals surface area contributed by atoms with Crippen LogP contribution in [0.15, 0.2) is 61.4 Å². The van der Waals surface area contributed by atoms with E-state index in [1.807, 2.05) is 43.5 Å². The van der Waals surface area contributed by atoms with Gasteiger partial charge >= 0.3 is 0 Å². The van der Waals surface area contributed by atoms with Gasteiger partial charge in [-0.05, 0) is 42.8 Å². The number of ether oxygens (including phenoxy) is 1. The number of pyridine rings is 1. The standard InChI is InChI=1S/C19H14BN7O/c1-12-8-13(25-19-18-15(20)5-7-27(18)24-11-22-19)2-3-16(12)28-14-4-6-26-17(9-14)21-10-23-26/h2-11H,1H3,(H,22,24,25). The van der Waals surface area contributed by atoms with Crippen molar-refractivity contribution in [3.8, 4) is 11.5 Å². The van der Waals surface area contributed by atoms with Crippen molar-refractivity contribution >= 4 is 36.0 Å². The van der Waals surface area contributed by atoms with Crippen molar-refractivity contribution in [2.45, 2.75) is 6.92 Å². The van der Waals surface area contributed by atoms with Gasteiger partial charge in [0.05, 0.1) is 0 Å². The van der Waals surface area contributed by atoms with E-state index in [-0.39, 0.29) is 0 Å². The monoisotopic (exact) mass is 367 g/mol. The third-order valence-electron chi connectivity index (χ3n) is 4.40. The molecule has 0 saturated heterocycles. The summed E-state index contributed by atoms with van der Waals surface area (Å²) in [5, 5.41) is 11.5. The second-order valence-corrected chi connectivity index (χ2v) is 6.31. The zero-order valence-corrected chi connectivity index (χ0v) is 14.9. The summed E-state index contributed by atoms with van der Waals surface area (Å²) >= 11 is 0. The van der Waals surface area contributed by atoms with Crippen molar-refractivity contribution < 1.29 is 4.74 Å². The van der Waals surface area contributed by atoms with Crippen LogP contribution in [0.2, 0.25) is 0 Å². The normalized spacial score (nSPS) is 11.2. The lowest BCUT2D eigenvalue weighted by Crippen LogP contribution is -2.07. The number of anilines is 2. The lowest BCUT2D eigenvalue weighted by atomic mass is 9.98. The first kappa shape index (κ1) is 16.3. The van der Waals surface area contributed by atoms with Crippen LogP contribution in [0, 0.1) is 6.92 Å². The van der Waals surface area contributed by atoms with Gasteiger partial charge in [-0.1, -0.05) is 5.46 Å². The van der Waals surface area contributed by atoms with Crippen LogP contribution in [0.4, 0.5) is 11.5 Å². The molecular weight excluding hydrogens is 353 g/mol. The van der Waals surface area contributed by atoms with Gasteiger partial charge in [0.2, 0.25) is 0 Å². The summed E-state index contributed by atoms with van der Waals surface area (Å²) in [5.41, 5.74) is 3.93. The molecule has 0 spiro atoms. The molecule has 4 aromatic heterocycles. The maximum absolute atomic E-state index is 6.03. The summed E-state index contributed by atoms with van der Waals surface area (Å²) in [7, 11) is 6.03. The van der Waals surface area contributed by atoms with Crippen LogP contribution >= 0.6 is 0 Å². The Morgan fingerprint density at radius 1 is 0.964 bits per heavy atom. The number of aromatic nitrogens is 6. The maximum Gasteiger partial charge on any atom is 0.158 e. The molecule has 9 heteroatoms. The van der Waals surface area contributed by atoms with Gasteiger partial charge in [0.25, 0.3) is 0 Å². The number of hydrogen-bond acceptors (Lipinski definition) is 6. The molecule has 0 bridgehead atoms. The molecule has 134 valence electrons. The molecule has 0 unspecified atom stereocenters. The van der Waals surface area contributed by atoms with Crippen molar-refractivity contribution in [3.05, 3.63) is 67.0 Å². The first-order valence-electron chi connectivity index (χ1n) is 8.60.